The predicted octanol–water partition coefficient (Wildman–Crippen LogP) is 4.31. The van der Waals surface area contributed by atoms with E-state index in [9.17, 15) is 4.39 Å². The van der Waals surface area contributed by atoms with Crippen LogP contribution in [-0.2, 0) is 0 Å². The van der Waals surface area contributed by atoms with Gasteiger partial charge in [-0.3, -0.25) is 0 Å². The lowest BCUT2D eigenvalue weighted by Crippen LogP contribution is -2.11. The molecule has 1 aromatic heterocycles. The molecule has 2 N–H and O–H groups in total. The molecule has 0 saturated heterocycles. The minimum Gasteiger partial charge on any atom is -0.320 e. The molecule has 0 radical (unpaired) electrons. The van der Waals surface area contributed by atoms with Gasteiger partial charge >= 0.3 is 0 Å². The van der Waals surface area contributed by atoms with Crippen molar-refractivity contribution in [3.8, 4) is 0 Å². The normalized spacial score (nSPS) is 12.8. The summed E-state index contributed by atoms with van der Waals surface area (Å²) < 4.78 is 14.6. The van der Waals surface area contributed by atoms with Crippen LogP contribution in [0.5, 0.6) is 0 Å². The highest BCUT2D eigenvalue weighted by Gasteiger charge is 2.15. The number of nitrogens with two attached hydrogens (primary N) is 1. The van der Waals surface area contributed by atoms with Gasteiger partial charge in [0.05, 0.1) is 6.04 Å². The minimum atomic E-state index is -0.206. The minimum absolute atomic E-state index is 0.147. The summed E-state index contributed by atoms with van der Waals surface area (Å²) in [7, 11) is 0. The van der Waals surface area contributed by atoms with Crippen LogP contribution in [0.15, 0.2) is 28.1 Å². The molecule has 1 unspecified atom stereocenters. The molecule has 0 fully saturated rings. The molecule has 0 aliphatic carbocycles. The van der Waals surface area contributed by atoms with Gasteiger partial charge < -0.3 is 5.73 Å². The summed E-state index contributed by atoms with van der Waals surface area (Å²) in [6.45, 7) is 3.53. The summed E-state index contributed by atoms with van der Waals surface area (Å²) in [6, 6.07) is 5.41. The molecule has 1 nitrogen and oxygen atoms in total. The number of hydrogen-bond donors (Lipinski definition) is 1. The Balaban J connectivity index is 2.45. The third-order valence-corrected chi connectivity index (χ3v) is 4.70. The number of hydrogen-bond acceptors (Lipinski definition) is 2. The summed E-state index contributed by atoms with van der Waals surface area (Å²) in [5.41, 5.74) is 8.44. The zero-order chi connectivity index (χ0) is 12.6. The van der Waals surface area contributed by atoms with E-state index >= 15 is 0 Å². The van der Waals surface area contributed by atoms with Gasteiger partial charge in [0, 0.05) is 9.35 Å². The van der Waals surface area contributed by atoms with Crippen LogP contribution < -0.4 is 5.73 Å². The van der Waals surface area contributed by atoms with E-state index in [0.29, 0.717) is 11.1 Å². The van der Waals surface area contributed by atoms with Crippen molar-refractivity contribution in [1.82, 2.24) is 0 Å². The summed E-state index contributed by atoms with van der Waals surface area (Å²) in [6.07, 6.45) is 0. The van der Waals surface area contributed by atoms with Gasteiger partial charge in [-0.15, -0.1) is 11.3 Å². The maximum absolute atomic E-state index is 13.5. The Hall–Kier alpha value is -0.710. The highest BCUT2D eigenvalue weighted by molar-refractivity contribution is 9.10. The van der Waals surface area contributed by atoms with E-state index in [1.807, 2.05) is 23.6 Å². The number of aryl methyl sites for hydroxylation is 2. The van der Waals surface area contributed by atoms with Gasteiger partial charge in [-0.2, -0.15) is 0 Å². The maximum atomic E-state index is 13.5. The molecule has 0 amide bonds. The lowest BCUT2D eigenvalue weighted by molar-refractivity contribution is 0.607. The van der Waals surface area contributed by atoms with Crippen molar-refractivity contribution in [2.45, 2.75) is 19.9 Å². The zero-order valence-electron chi connectivity index (χ0n) is 9.63. The molecule has 0 aliphatic heterocycles. The molecule has 0 aliphatic rings. The third-order valence-electron chi connectivity index (χ3n) is 2.75. The van der Waals surface area contributed by atoms with E-state index in [4.69, 9.17) is 5.73 Å². The van der Waals surface area contributed by atoms with Crippen LogP contribution in [-0.4, -0.2) is 0 Å². The topological polar surface area (TPSA) is 26.0 Å². The van der Waals surface area contributed by atoms with E-state index in [-0.39, 0.29) is 11.9 Å². The first kappa shape index (κ1) is 12.7. The second-order valence-electron chi connectivity index (χ2n) is 4.08. The summed E-state index contributed by atoms with van der Waals surface area (Å²) >= 11 is 5.07. The van der Waals surface area contributed by atoms with Crippen molar-refractivity contribution in [2.24, 2.45) is 5.73 Å². The predicted molar refractivity (Wildman–Crippen MR) is 73.9 cm³/mol. The monoisotopic (exact) mass is 313 g/mol. The van der Waals surface area contributed by atoms with Crippen molar-refractivity contribution in [2.75, 3.05) is 0 Å². The first-order valence-electron chi connectivity index (χ1n) is 5.26. The fraction of sp³-hybridized carbons (Fsp3) is 0.231. The first-order valence-corrected chi connectivity index (χ1v) is 6.93. The molecule has 0 saturated carbocycles. The van der Waals surface area contributed by atoms with Gasteiger partial charge in [0.15, 0.2) is 0 Å². The summed E-state index contributed by atoms with van der Waals surface area (Å²) in [4.78, 5) is 1.07. The Kier molecular flexibility index (Phi) is 3.66. The number of thiophene rings is 1. The number of halogens is 2. The molecule has 0 spiro atoms. The van der Waals surface area contributed by atoms with Crippen molar-refractivity contribution >= 4 is 27.3 Å². The molecule has 4 heteroatoms. The quantitative estimate of drug-likeness (QED) is 0.878. The fourth-order valence-electron chi connectivity index (χ4n) is 1.84. The Morgan fingerprint density at radius 3 is 2.35 bits per heavy atom. The number of benzene rings is 1. The van der Waals surface area contributed by atoms with Crippen LogP contribution in [0.25, 0.3) is 0 Å². The van der Waals surface area contributed by atoms with E-state index in [2.05, 4.69) is 15.9 Å². The Labute approximate surface area is 113 Å². The van der Waals surface area contributed by atoms with Crippen LogP contribution in [0.4, 0.5) is 4.39 Å². The molecule has 1 aromatic carbocycles. The van der Waals surface area contributed by atoms with Crippen LogP contribution >= 0.6 is 27.3 Å². The van der Waals surface area contributed by atoms with Crippen LogP contribution in [0.1, 0.15) is 27.6 Å². The molecular weight excluding hydrogens is 301 g/mol. The smallest absolute Gasteiger partial charge is 0.129 e. The zero-order valence-corrected chi connectivity index (χ0v) is 12.0. The maximum Gasteiger partial charge on any atom is 0.129 e. The Morgan fingerprint density at radius 1 is 1.29 bits per heavy atom. The van der Waals surface area contributed by atoms with Gasteiger partial charge in [0.2, 0.25) is 0 Å². The molecule has 0 bridgehead atoms. The van der Waals surface area contributed by atoms with Gasteiger partial charge in [-0.25, -0.2) is 4.39 Å². The summed E-state index contributed by atoms with van der Waals surface area (Å²) in [5, 5.41) is 1.99. The van der Waals surface area contributed by atoms with E-state index in [0.717, 1.165) is 14.9 Å². The molecule has 1 heterocycles. The highest BCUT2D eigenvalue weighted by Crippen LogP contribution is 2.32. The fourth-order valence-corrected chi connectivity index (χ4v) is 3.49. The van der Waals surface area contributed by atoms with Crippen molar-refractivity contribution in [1.29, 1.82) is 0 Å². The SMILES string of the molecule is Cc1cc(C(N)c2sccc2Br)cc(C)c1F. The van der Waals surface area contributed by atoms with E-state index < -0.39 is 0 Å². The van der Waals surface area contributed by atoms with Crippen LogP contribution in [0.3, 0.4) is 0 Å². The van der Waals surface area contributed by atoms with Crippen molar-refractivity contribution in [3.05, 3.63) is 55.4 Å². The Morgan fingerprint density at radius 2 is 1.88 bits per heavy atom. The molecule has 17 heavy (non-hydrogen) atoms. The molecule has 90 valence electrons. The van der Waals surface area contributed by atoms with E-state index in [1.165, 1.54) is 0 Å². The lowest BCUT2D eigenvalue weighted by Gasteiger charge is -2.13. The Bertz CT molecular complexity index is 527. The second-order valence-corrected chi connectivity index (χ2v) is 5.88. The molecule has 2 aromatic rings. The standard InChI is InChI=1S/C13H13BrFNS/c1-7-5-9(6-8(2)11(7)15)12(16)13-10(14)3-4-17-13/h3-6,12H,16H2,1-2H3. The largest absolute Gasteiger partial charge is 0.320 e. The van der Waals surface area contributed by atoms with Crippen molar-refractivity contribution in [3.63, 3.8) is 0 Å². The lowest BCUT2D eigenvalue weighted by atomic mass is 10.0. The van der Waals surface area contributed by atoms with Gasteiger partial charge in [-0.05, 0) is 57.9 Å². The van der Waals surface area contributed by atoms with Gasteiger partial charge in [0.25, 0.3) is 0 Å². The van der Waals surface area contributed by atoms with Crippen LogP contribution in [0, 0.1) is 19.7 Å². The average molecular weight is 314 g/mol. The van der Waals surface area contributed by atoms with Gasteiger partial charge in [-0.1, -0.05) is 12.1 Å². The summed E-state index contributed by atoms with van der Waals surface area (Å²) in [5.74, 6) is -0.147. The number of rotatable bonds is 2. The third kappa shape index (κ3) is 2.44. The molecule has 2 rings (SSSR count). The van der Waals surface area contributed by atoms with Crippen molar-refractivity contribution < 1.29 is 4.39 Å². The average Bonchev–Trinajstić information content (AvgIpc) is 2.70. The highest BCUT2D eigenvalue weighted by atomic mass is 79.9. The van der Waals surface area contributed by atoms with Crippen LogP contribution in [0.2, 0.25) is 0 Å². The van der Waals surface area contributed by atoms with Gasteiger partial charge in [0.1, 0.15) is 5.82 Å². The molecule has 1 atom stereocenters. The first-order chi connectivity index (χ1) is 8.00. The molecular formula is C13H13BrFNS. The second kappa shape index (κ2) is 4.88. The van der Waals surface area contributed by atoms with E-state index in [1.54, 1.807) is 25.2 Å².